The molecule has 0 amide bonds. The number of rotatable bonds is 33. The predicted octanol–water partition coefficient (Wildman–Crippen LogP) is 13.1. The fraction of sp³-hybridized carbons (Fsp3) is 0.854. The molecule has 0 bridgehead atoms. The van der Waals surface area contributed by atoms with Crippen LogP contribution in [0.4, 0.5) is 0 Å². The van der Waals surface area contributed by atoms with Crippen molar-refractivity contribution < 1.29 is 18.5 Å². The van der Waals surface area contributed by atoms with E-state index in [1.165, 1.54) is 147 Å². The van der Waals surface area contributed by atoms with Crippen LogP contribution in [0.2, 0.25) is 0 Å². The molecule has 0 spiro atoms. The molecular weight excluding hydrogens is 565 g/mol. The van der Waals surface area contributed by atoms with Crippen LogP contribution >= 0.6 is 0 Å². The van der Waals surface area contributed by atoms with Gasteiger partial charge >= 0.3 is 7.32 Å². The van der Waals surface area contributed by atoms with Gasteiger partial charge in [0, 0.05) is 31.8 Å². The van der Waals surface area contributed by atoms with Gasteiger partial charge in [-0.1, -0.05) is 176 Å². The second-order valence-electron chi connectivity index (χ2n) is 13.3. The summed E-state index contributed by atoms with van der Waals surface area (Å²) in [6, 6.07) is 6.53. The maximum atomic E-state index is 6.69. The fourth-order valence-electron chi connectivity index (χ4n) is 5.70. The van der Waals surface area contributed by atoms with Gasteiger partial charge in [-0.3, -0.25) is 0 Å². The van der Waals surface area contributed by atoms with Gasteiger partial charge in [0.1, 0.15) is 12.6 Å². The van der Waals surface area contributed by atoms with Crippen molar-refractivity contribution in [2.75, 3.05) is 13.2 Å². The summed E-state index contributed by atoms with van der Waals surface area (Å²) in [6.07, 6.45) is 35.0. The molecule has 1 aromatic heterocycles. The molecule has 0 saturated heterocycles. The maximum absolute atomic E-state index is 6.69. The van der Waals surface area contributed by atoms with E-state index in [-0.39, 0.29) is 6.10 Å². The zero-order chi connectivity index (χ0) is 33.8. The molecule has 270 valence electrons. The van der Waals surface area contributed by atoms with Crippen LogP contribution in [0.5, 0.6) is 0 Å². The molecule has 0 aliphatic carbocycles. The second-order valence-corrected chi connectivity index (χ2v) is 13.3. The van der Waals surface area contributed by atoms with Crippen LogP contribution < -0.4 is 4.57 Å². The number of unbranched alkanes of at least 4 members (excludes halogenated alkanes) is 20. The van der Waals surface area contributed by atoms with Gasteiger partial charge in [0.2, 0.25) is 5.69 Å². The van der Waals surface area contributed by atoms with E-state index in [0.29, 0.717) is 13.2 Å². The average Bonchev–Trinajstić information content (AvgIpc) is 3.08. The topological polar surface area (TPSA) is 31.6 Å². The minimum absolute atomic E-state index is 0.00575. The van der Waals surface area contributed by atoms with Crippen LogP contribution in [0.25, 0.3) is 0 Å². The number of aryl methyl sites for hydroxylation is 1. The highest BCUT2D eigenvalue weighted by molar-refractivity contribution is 6.36. The van der Waals surface area contributed by atoms with Crippen molar-refractivity contribution in [1.29, 1.82) is 0 Å². The molecule has 0 aliphatic heterocycles. The average molecular weight is 646 g/mol. The zero-order valence-electron chi connectivity index (χ0n) is 31.8. The first-order chi connectivity index (χ1) is 22.7. The van der Waals surface area contributed by atoms with Gasteiger partial charge in [-0.15, -0.1) is 0 Å². The molecule has 0 aromatic carbocycles. The normalized spacial score (nSPS) is 11.8. The van der Waals surface area contributed by atoms with Crippen molar-refractivity contribution in [2.24, 2.45) is 0 Å². The van der Waals surface area contributed by atoms with Crippen molar-refractivity contribution in [3.05, 3.63) is 37.0 Å². The van der Waals surface area contributed by atoms with E-state index < -0.39 is 7.32 Å². The van der Waals surface area contributed by atoms with E-state index in [2.05, 4.69) is 70.5 Å². The van der Waals surface area contributed by atoms with Crippen LogP contribution in [-0.2, 0) is 20.5 Å². The summed E-state index contributed by atoms with van der Waals surface area (Å²) < 4.78 is 21.6. The molecule has 0 N–H and O–H groups in total. The number of hydrogen-bond acceptors (Lipinski definition) is 3. The monoisotopic (exact) mass is 646 g/mol. The maximum Gasteiger partial charge on any atom is 0.640 e. The van der Waals surface area contributed by atoms with E-state index >= 15 is 0 Å². The minimum atomic E-state index is -0.582. The van der Waals surface area contributed by atoms with Gasteiger partial charge in [-0.2, -0.15) is 6.42 Å². The van der Waals surface area contributed by atoms with E-state index in [0.717, 1.165) is 32.2 Å². The third-order valence-electron chi connectivity index (χ3n) is 8.76. The van der Waals surface area contributed by atoms with Gasteiger partial charge in [0.15, 0.2) is 6.20 Å². The molecule has 1 heterocycles. The SMILES string of the molecule is CCCCCCCCOB(OCCCCCCCC)OC(CCCCCCC)c1cccc[n+]1CCCC.[CH2-]CCCCCCC. The first-order valence-corrected chi connectivity index (χ1v) is 20.3. The Morgan fingerprint density at radius 1 is 0.565 bits per heavy atom. The summed E-state index contributed by atoms with van der Waals surface area (Å²) in [5.41, 5.74) is 1.26. The molecule has 1 unspecified atom stereocenters. The Labute approximate surface area is 289 Å². The lowest BCUT2D eigenvalue weighted by atomic mass is 10.0. The van der Waals surface area contributed by atoms with E-state index in [1.807, 2.05) is 0 Å². The molecule has 0 aliphatic rings. The lowest BCUT2D eigenvalue weighted by Crippen LogP contribution is -2.41. The Kier molecular flexibility index (Phi) is 36.2. The smallest absolute Gasteiger partial charge is 0.386 e. The molecule has 5 heteroatoms. The molecule has 4 nitrogen and oxygen atoms in total. The number of nitrogens with zero attached hydrogens (tertiary/aromatic N) is 1. The third-order valence-corrected chi connectivity index (χ3v) is 8.76. The molecule has 1 atom stereocenters. The number of pyridine rings is 1. The zero-order valence-corrected chi connectivity index (χ0v) is 31.8. The molecule has 0 saturated carbocycles. The first kappa shape index (κ1) is 45.1. The van der Waals surface area contributed by atoms with E-state index in [4.69, 9.17) is 14.0 Å². The third kappa shape index (κ3) is 28.1. The van der Waals surface area contributed by atoms with Crippen molar-refractivity contribution >= 4 is 7.32 Å². The quantitative estimate of drug-likeness (QED) is 0.0330. The summed E-state index contributed by atoms with van der Waals surface area (Å²) in [6.45, 7) is 17.5. The van der Waals surface area contributed by atoms with Gasteiger partial charge in [-0.25, -0.2) is 4.57 Å². The summed E-state index contributed by atoms with van der Waals surface area (Å²) in [5, 5.41) is 0. The highest BCUT2D eigenvalue weighted by atomic mass is 16.7. The molecule has 0 fully saturated rings. The highest BCUT2D eigenvalue weighted by Gasteiger charge is 2.31. The van der Waals surface area contributed by atoms with Crippen LogP contribution in [0.3, 0.4) is 0 Å². The fourth-order valence-corrected chi connectivity index (χ4v) is 5.70. The van der Waals surface area contributed by atoms with Crippen molar-refractivity contribution in [2.45, 2.75) is 214 Å². The van der Waals surface area contributed by atoms with Crippen LogP contribution in [0.1, 0.15) is 213 Å². The summed E-state index contributed by atoms with van der Waals surface area (Å²) in [4.78, 5) is 0. The summed E-state index contributed by atoms with van der Waals surface area (Å²) in [7, 11) is -0.582. The molecule has 46 heavy (non-hydrogen) atoms. The van der Waals surface area contributed by atoms with E-state index in [9.17, 15) is 0 Å². The molecule has 1 aromatic rings. The minimum Gasteiger partial charge on any atom is -0.386 e. The van der Waals surface area contributed by atoms with Gasteiger partial charge in [0.25, 0.3) is 0 Å². The van der Waals surface area contributed by atoms with Crippen LogP contribution in [-0.4, -0.2) is 20.5 Å². The van der Waals surface area contributed by atoms with Crippen LogP contribution in [0, 0.1) is 6.92 Å². The molecular formula is C41H80BNO3. The Bertz CT molecular complexity index is 695. The highest BCUT2D eigenvalue weighted by Crippen LogP contribution is 2.24. The Balaban J connectivity index is 0.00000222. The van der Waals surface area contributed by atoms with Crippen molar-refractivity contribution in [3.63, 3.8) is 0 Å². The Morgan fingerprint density at radius 3 is 1.52 bits per heavy atom. The summed E-state index contributed by atoms with van der Waals surface area (Å²) in [5.74, 6) is 0. The largest absolute Gasteiger partial charge is 0.640 e. The Morgan fingerprint density at radius 2 is 1.02 bits per heavy atom. The van der Waals surface area contributed by atoms with Crippen molar-refractivity contribution in [3.8, 4) is 0 Å². The lowest BCUT2D eigenvalue weighted by Gasteiger charge is -2.21. The standard InChI is InChI=1S/C33H63BNO3.C8H17/c1-5-9-13-16-19-24-30-36-34(37-31-25-20-17-14-10-6-2)38-33(27-21-18-15-11-7-3)32-26-22-23-29-35(32)28-12-8-4;1-3-5-7-8-6-4-2/h22-23,26,29,33H,5-21,24-25,27-28,30-31H2,1-4H3;1,3-8H2,2H3/q+1;-1. The lowest BCUT2D eigenvalue weighted by molar-refractivity contribution is -0.707. The number of aromatic nitrogens is 1. The van der Waals surface area contributed by atoms with Crippen LogP contribution in [0.15, 0.2) is 24.4 Å². The van der Waals surface area contributed by atoms with E-state index in [1.54, 1.807) is 0 Å². The molecule has 1 rings (SSSR count). The number of hydrogen-bond donors (Lipinski definition) is 0. The van der Waals surface area contributed by atoms with Gasteiger partial charge < -0.3 is 20.9 Å². The van der Waals surface area contributed by atoms with Crippen molar-refractivity contribution in [1.82, 2.24) is 0 Å². The predicted molar refractivity (Wildman–Crippen MR) is 202 cm³/mol. The summed E-state index contributed by atoms with van der Waals surface area (Å²) >= 11 is 0. The van der Waals surface area contributed by atoms with Gasteiger partial charge in [-0.05, 0) is 19.3 Å². The first-order valence-electron chi connectivity index (χ1n) is 20.3. The Hall–Kier alpha value is -0.905. The van der Waals surface area contributed by atoms with Gasteiger partial charge in [0.05, 0.1) is 0 Å². The molecule has 0 radical (unpaired) electrons. The second kappa shape index (κ2) is 36.9.